The first-order valence-electron chi connectivity index (χ1n) is 7.12. The van der Waals surface area contributed by atoms with Crippen LogP contribution in [0.2, 0.25) is 0 Å². The third-order valence-electron chi connectivity index (χ3n) is 3.26. The van der Waals surface area contributed by atoms with E-state index in [4.69, 9.17) is 4.74 Å². The molecule has 0 bridgehead atoms. The highest BCUT2D eigenvalue weighted by Gasteiger charge is 2.19. The van der Waals surface area contributed by atoms with Crippen molar-refractivity contribution in [3.8, 4) is 5.75 Å². The normalized spacial score (nSPS) is 13.2. The van der Waals surface area contributed by atoms with Crippen molar-refractivity contribution in [1.82, 2.24) is 10.3 Å². The van der Waals surface area contributed by atoms with E-state index in [1.165, 1.54) is 0 Å². The molecule has 1 amide bonds. The molecule has 2 atom stereocenters. The first-order valence-corrected chi connectivity index (χ1v) is 7.12. The van der Waals surface area contributed by atoms with Gasteiger partial charge in [-0.15, -0.1) is 0 Å². The van der Waals surface area contributed by atoms with E-state index in [0.29, 0.717) is 5.75 Å². The van der Waals surface area contributed by atoms with Gasteiger partial charge in [-0.05, 0) is 43.2 Å². The number of rotatable bonds is 6. The molecule has 110 valence electrons. The predicted octanol–water partition coefficient (Wildman–Crippen LogP) is 3.12. The second-order valence-electron chi connectivity index (χ2n) is 4.82. The lowest BCUT2D eigenvalue weighted by atomic mass is 10.1. The SMILES string of the molecule is CC[C@H](NC(=O)[C@H](C)Oc1ccccc1)c1ccncc1. The molecule has 1 aromatic carbocycles. The number of carbonyl (C=O) groups excluding carboxylic acids is 1. The quantitative estimate of drug-likeness (QED) is 0.886. The molecule has 1 heterocycles. The Kier molecular flexibility index (Phi) is 5.32. The van der Waals surface area contributed by atoms with Crippen molar-refractivity contribution in [3.05, 3.63) is 60.4 Å². The van der Waals surface area contributed by atoms with E-state index in [1.54, 1.807) is 19.3 Å². The van der Waals surface area contributed by atoms with Gasteiger partial charge in [0.2, 0.25) is 0 Å². The summed E-state index contributed by atoms with van der Waals surface area (Å²) in [6, 6.07) is 13.1. The highest BCUT2D eigenvalue weighted by Crippen LogP contribution is 2.16. The molecule has 0 unspecified atom stereocenters. The number of amides is 1. The van der Waals surface area contributed by atoms with Crippen molar-refractivity contribution >= 4 is 5.91 Å². The molecule has 2 aromatic rings. The average molecular weight is 284 g/mol. The molecule has 0 aliphatic carbocycles. The van der Waals surface area contributed by atoms with Gasteiger partial charge in [-0.1, -0.05) is 25.1 Å². The van der Waals surface area contributed by atoms with E-state index in [-0.39, 0.29) is 11.9 Å². The first-order chi connectivity index (χ1) is 10.2. The first kappa shape index (κ1) is 15.0. The number of nitrogens with zero attached hydrogens (tertiary/aromatic N) is 1. The Labute approximate surface area is 125 Å². The Morgan fingerprint density at radius 1 is 1.19 bits per heavy atom. The molecule has 4 heteroatoms. The zero-order valence-electron chi connectivity index (χ0n) is 12.3. The van der Waals surface area contributed by atoms with Crippen molar-refractivity contribution in [2.75, 3.05) is 0 Å². The van der Waals surface area contributed by atoms with E-state index in [0.717, 1.165) is 12.0 Å². The van der Waals surface area contributed by atoms with Crippen LogP contribution in [-0.4, -0.2) is 17.0 Å². The van der Waals surface area contributed by atoms with E-state index < -0.39 is 6.10 Å². The fraction of sp³-hybridized carbons (Fsp3) is 0.294. The minimum atomic E-state index is -0.539. The molecule has 0 spiro atoms. The van der Waals surface area contributed by atoms with Gasteiger partial charge < -0.3 is 10.1 Å². The minimum absolute atomic E-state index is 0.0256. The average Bonchev–Trinajstić information content (AvgIpc) is 2.54. The maximum Gasteiger partial charge on any atom is 0.261 e. The summed E-state index contributed by atoms with van der Waals surface area (Å²) in [4.78, 5) is 16.2. The van der Waals surface area contributed by atoms with Crippen molar-refractivity contribution in [2.24, 2.45) is 0 Å². The standard InChI is InChI=1S/C17H20N2O2/c1-3-16(14-9-11-18-12-10-14)19-17(20)13(2)21-15-7-5-4-6-8-15/h4-13,16H,3H2,1-2H3,(H,19,20)/t13-,16-/m0/s1. The molecular formula is C17H20N2O2. The third kappa shape index (κ3) is 4.31. The number of hydrogen-bond donors (Lipinski definition) is 1. The van der Waals surface area contributed by atoms with Crippen LogP contribution in [0.15, 0.2) is 54.9 Å². The summed E-state index contributed by atoms with van der Waals surface area (Å²) in [5.74, 6) is 0.569. The van der Waals surface area contributed by atoms with Gasteiger partial charge in [0, 0.05) is 12.4 Å². The third-order valence-corrected chi connectivity index (χ3v) is 3.26. The van der Waals surface area contributed by atoms with Gasteiger partial charge in [0.15, 0.2) is 6.10 Å². The van der Waals surface area contributed by atoms with Crippen LogP contribution in [0.3, 0.4) is 0 Å². The van der Waals surface area contributed by atoms with E-state index in [2.05, 4.69) is 10.3 Å². The predicted molar refractivity (Wildman–Crippen MR) is 81.9 cm³/mol. The summed E-state index contributed by atoms with van der Waals surface area (Å²) in [5.41, 5.74) is 1.05. The Morgan fingerprint density at radius 3 is 2.48 bits per heavy atom. The van der Waals surface area contributed by atoms with Gasteiger partial charge in [-0.2, -0.15) is 0 Å². The van der Waals surface area contributed by atoms with Gasteiger partial charge in [-0.25, -0.2) is 0 Å². The molecule has 0 aliphatic heterocycles. The van der Waals surface area contributed by atoms with Gasteiger partial charge in [0.05, 0.1) is 6.04 Å². The number of pyridine rings is 1. The topological polar surface area (TPSA) is 51.2 Å². The summed E-state index contributed by atoms with van der Waals surface area (Å²) < 4.78 is 5.63. The lowest BCUT2D eigenvalue weighted by molar-refractivity contribution is -0.128. The number of hydrogen-bond acceptors (Lipinski definition) is 3. The number of nitrogens with one attached hydrogen (secondary N) is 1. The van der Waals surface area contributed by atoms with Crippen LogP contribution in [0.25, 0.3) is 0 Å². The molecule has 0 fully saturated rings. The van der Waals surface area contributed by atoms with Crippen LogP contribution < -0.4 is 10.1 Å². The van der Waals surface area contributed by atoms with E-state index in [1.807, 2.05) is 49.4 Å². The van der Waals surface area contributed by atoms with Gasteiger partial charge in [0.25, 0.3) is 5.91 Å². The van der Waals surface area contributed by atoms with Gasteiger partial charge >= 0.3 is 0 Å². The Bertz CT molecular complexity index is 558. The van der Waals surface area contributed by atoms with Crippen molar-refractivity contribution in [2.45, 2.75) is 32.4 Å². The summed E-state index contributed by atoms with van der Waals surface area (Å²) in [6.45, 7) is 3.79. The fourth-order valence-electron chi connectivity index (χ4n) is 2.06. The van der Waals surface area contributed by atoms with Crippen LogP contribution in [-0.2, 0) is 4.79 Å². The lowest BCUT2D eigenvalue weighted by Gasteiger charge is -2.20. The molecule has 0 saturated carbocycles. The van der Waals surface area contributed by atoms with Crippen LogP contribution >= 0.6 is 0 Å². The van der Waals surface area contributed by atoms with Crippen LogP contribution in [0.1, 0.15) is 31.9 Å². The molecule has 4 nitrogen and oxygen atoms in total. The smallest absolute Gasteiger partial charge is 0.261 e. The zero-order chi connectivity index (χ0) is 15.1. The zero-order valence-corrected chi connectivity index (χ0v) is 12.3. The maximum absolute atomic E-state index is 12.2. The van der Waals surface area contributed by atoms with Crippen molar-refractivity contribution in [1.29, 1.82) is 0 Å². The van der Waals surface area contributed by atoms with Gasteiger partial charge in [0.1, 0.15) is 5.75 Å². The summed E-state index contributed by atoms with van der Waals surface area (Å²) in [5, 5.41) is 3.01. The van der Waals surface area contributed by atoms with Crippen molar-refractivity contribution < 1.29 is 9.53 Å². The number of benzene rings is 1. The molecule has 1 aromatic heterocycles. The highest BCUT2D eigenvalue weighted by molar-refractivity contribution is 5.81. The molecule has 21 heavy (non-hydrogen) atoms. The van der Waals surface area contributed by atoms with E-state index >= 15 is 0 Å². The summed E-state index contributed by atoms with van der Waals surface area (Å²) >= 11 is 0. The largest absolute Gasteiger partial charge is 0.481 e. The molecule has 0 aliphatic rings. The number of aromatic nitrogens is 1. The number of ether oxygens (including phenoxy) is 1. The monoisotopic (exact) mass is 284 g/mol. The molecular weight excluding hydrogens is 264 g/mol. The second-order valence-corrected chi connectivity index (χ2v) is 4.82. The van der Waals surface area contributed by atoms with Crippen LogP contribution in [0.5, 0.6) is 5.75 Å². The lowest BCUT2D eigenvalue weighted by Crippen LogP contribution is -2.38. The molecule has 0 saturated heterocycles. The fourth-order valence-corrected chi connectivity index (χ4v) is 2.06. The highest BCUT2D eigenvalue weighted by atomic mass is 16.5. The molecule has 1 N–H and O–H groups in total. The number of para-hydroxylation sites is 1. The summed E-state index contributed by atoms with van der Waals surface area (Å²) in [7, 11) is 0. The number of carbonyl (C=O) groups is 1. The molecule has 2 rings (SSSR count). The maximum atomic E-state index is 12.2. The second kappa shape index (κ2) is 7.43. The van der Waals surface area contributed by atoms with Crippen LogP contribution in [0, 0.1) is 0 Å². The Balaban J connectivity index is 1.96. The van der Waals surface area contributed by atoms with Gasteiger partial charge in [-0.3, -0.25) is 9.78 Å². The Morgan fingerprint density at radius 2 is 1.86 bits per heavy atom. The molecule has 0 radical (unpaired) electrons. The summed E-state index contributed by atoms with van der Waals surface area (Å²) in [6.07, 6.45) is 3.74. The minimum Gasteiger partial charge on any atom is -0.481 e. The van der Waals surface area contributed by atoms with Crippen LogP contribution in [0.4, 0.5) is 0 Å². The van der Waals surface area contributed by atoms with E-state index in [9.17, 15) is 4.79 Å². The van der Waals surface area contributed by atoms with Crippen molar-refractivity contribution in [3.63, 3.8) is 0 Å². The Hall–Kier alpha value is -2.36.